The van der Waals surface area contributed by atoms with Gasteiger partial charge in [-0.3, -0.25) is 0 Å². The predicted octanol–water partition coefficient (Wildman–Crippen LogP) is 2.99. The first-order valence-corrected chi connectivity index (χ1v) is 8.03. The molecule has 0 aromatic heterocycles. The van der Waals surface area contributed by atoms with E-state index in [2.05, 4.69) is 38.0 Å². The van der Waals surface area contributed by atoms with Crippen LogP contribution in [0.3, 0.4) is 0 Å². The van der Waals surface area contributed by atoms with Gasteiger partial charge in [-0.15, -0.1) is 0 Å². The van der Waals surface area contributed by atoms with Crippen LogP contribution < -0.4 is 5.32 Å². The van der Waals surface area contributed by atoms with Crippen LogP contribution in [0.15, 0.2) is 0 Å². The number of nitrogens with zero attached hydrogens (tertiary/aromatic N) is 1. The Kier molecular flexibility index (Phi) is 5.08. The van der Waals surface area contributed by atoms with E-state index in [1.807, 2.05) is 0 Å². The van der Waals surface area contributed by atoms with Crippen molar-refractivity contribution in [2.24, 2.45) is 23.7 Å². The highest BCUT2D eigenvalue weighted by molar-refractivity contribution is 4.89. The van der Waals surface area contributed by atoms with E-state index in [4.69, 9.17) is 0 Å². The zero-order chi connectivity index (χ0) is 13.1. The summed E-state index contributed by atoms with van der Waals surface area (Å²) in [5.74, 6) is 3.65. The molecule has 0 aliphatic heterocycles. The summed E-state index contributed by atoms with van der Waals surface area (Å²) in [7, 11) is 2.15. The summed E-state index contributed by atoms with van der Waals surface area (Å²) in [5, 5.41) is 3.59. The highest BCUT2D eigenvalue weighted by Crippen LogP contribution is 2.35. The summed E-state index contributed by atoms with van der Waals surface area (Å²) < 4.78 is 0. The molecule has 0 radical (unpaired) electrons. The van der Waals surface area contributed by atoms with Gasteiger partial charge < -0.3 is 10.2 Å². The SMILES string of the molecule is CCN(CC1CC1)CC1C(C)CC(C)CC1NC. The Morgan fingerprint density at radius 2 is 1.83 bits per heavy atom. The zero-order valence-electron chi connectivity index (χ0n) is 12.8. The fourth-order valence-electron chi connectivity index (χ4n) is 3.85. The van der Waals surface area contributed by atoms with Gasteiger partial charge in [-0.05, 0) is 62.9 Å². The smallest absolute Gasteiger partial charge is 0.0110 e. The Morgan fingerprint density at radius 3 is 2.39 bits per heavy atom. The first-order chi connectivity index (χ1) is 8.63. The third-order valence-electron chi connectivity index (χ3n) is 5.18. The molecule has 0 amide bonds. The van der Waals surface area contributed by atoms with E-state index in [0.717, 1.165) is 29.7 Å². The molecular formula is C16H32N2. The lowest BCUT2D eigenvalue weighted by molar-refractivity contribution is 0.105. The maximum Gasteiger partial charge on any atom is 0.0110 e. The molecule has 2 heteroatoms. The number of nitrogens with one attached hydrogen (secondary N) is 1. The third-order valence-corrected chi connectivity index (χ3v) is 5.18. The molecule has 2 nitrogen and oxygen atoms in total. The van der Waals surface area contributed by atoms with Crippen LogP contribution in [0.4, 0.5) is 0 Å². The van der Waals surface area contributed by atoms with Gasteiger partial charge in [-0.1, -0.05) is 20.8 Å². The summed E-state index contributed by atoms with van der Waals surface area (Å²) in [5.41, 5.74) is 0. The van der Waals surface area contributed by atoms with Crippen molar-refractivity contribution in [3.8, 4) is 0 Å². The maximum absolute atomic E-state index is 3.59. The van der Waals surface area contributed by atoms with Gasteiger partial charge in [0.2, 0.25) is 0 Å². The lowest BCUT2D eigenvalue weighted by Crippen LogP contribution is -2.48. The quantitative estimate of drug-likeness (QED) is 0.782. The average molecular weight is 252 g/mol. The van der Waals surface area contributed by atoms with E-state index in [9.17, 15) is 0 Å². The van der Waals surface area contributed by atoms with Gasteiger partial charge in [0.15, 0.2) is 0 Å². The highest BCUT2D eigenvalue weighted by atomic mass is 15.1. The Labute approximate surface area is 114 Å². The summed E-state index contributed by atoms with van der Waals surface area (Å²) in [6.45, 7) is 11.1. The van der Waals surface area contributed by atoms with Crippen molar-refractivity contribution < 1.29 is 0 Å². The van der Waals surface area contributed by atoms with E-state index in [-0.39, 0.29) is 0 Å². The lowest BCUT2D eigenvalue weighted by Gasteiger charge is -2.42. The van der Waals surface area contributed by atoms with Crippen LogP contribution in [-0.2, 0) is 0 Å². The molecule has 2 aliphatic carbocycles. The predicted molar refractivity (Wildman–Crippen MR) is 78.7 cm³/mol. The molecule has 106 valence electrons. The Hall–Kier alpha value is -0.0800. The summed E-state index contributed by atoms with van der Waals surface area (Å²) >= 11 is 0. The van der Waals surface area contributed by atoms with E-state index < -0.39 is 0 Å². The van der Waals surface area contributed by atoms with Crippen molar-refractivity contribution in [2.45, 2.75) is 52.5 Å². The molecule has 0 bridgehead atoms. The molecular weight excluding hydrogens is 220 g/mol. The fraction of sp³-hybridized carbons (Fsp3) is 1.00. The number of hydrogen-bond acceptors (Lipinski definition) is 2. The van der Waals surface area contributed by atoms with Crippen LogP contribution >= 0.6 is 0 Å². The van der Waals surface area contributed by atoms with Crippen molar-refractivity contribution in [2.75, 3.05) is 26.7 Å². The van der Waals surface area contributed by atoms with Crippen LogP contribution in [0.2, 0.25) is 0 Å². The Balaban J connectivity index is 1.90. The number of rotatable bonds is 6. The van der Waals surface area contributed by atoms with Gasteiger partial charge in [-0.25, -0.2) is 0 Å². The van der Waals surface area contributed by atoms with Crippen LogP contribution in [-0.4, -0.2) is 37.6 Å². The van der Waals surface area contributed by atoms with Gasteiger partial charge in [0.1, 0.15) is 0 Å². The molecule has 0 aromatic rings. The zero-order valence-corrected chi connectivity index (χ0v) is 12.8. The molecule has 2 rings (SSSR count). The topological polar surface area (TPSA) is 15.3 Å². The minimum Gasteiger partial charge on any atom is -0.317 e. The van der Waals surface area contributed by atoms with Crippen molar-refractivity contribution in [3.63, 3.8) is 0 Å². The van der Waals surface area contributed by atoms with Gasteiger partial charge in [0.05, 0.1) is 0 Å². The summed E-state index contributed by atoms with van der Waals surface area (Å²) in [4.78, 5) is 2.71. The van der Waals surface area contributed by atoms with E-state index in [0.29, 0.717) is 0 Å². The van der Waals surface area contributed by atoms with Crippen LogP contribution in [0, 0.1) is 23.7 Å². The second kappa shape index (κ2) is 6.38. The minimum absolute atomic E-state index is 0.733. The molecule has 1 N–H and O–H groups in total. The standard InChI is InChI=1S/C16H32N2/c1-5-18(10-14-6-7-14)11-15-13(3)8-12(2)9-16(15)17-4/h12-17H,5-11H2,1-4H3. The molecule has 2 fully saturated rings. The lowest BCUT2D eigenvalue weighted by atomic mass is 9.72. The molecule has 2 aliphatic rings. The van der Waals surface area contributed by atoms with Crippen molar-refractivity contribution >= 4 is 0 Å². The largest absolute Gasteiger partial charge is 0.317 e. The molecule has 0 aromatic carbocycles. The minimum atomic E-state index is 0.733. The molecule has 0 saturated heterocycles. The third kappa shape index (κ3) is 3.71. The number of hydrogen-bond donors (Lipinski definition) is 1. The van der Waals surface area contributed by atoms with Gasteiger partial charge in [-0.2, -0.15) is 0 Å². The first kappa shape index (κ1) is 14.3. The van der Waals surface area contributed by atoms with Gasteiger partial charge in [0.25, 0.3) is 0 Å². The second-order valence-electron chi connectivity index (χ2n) is 6.91. The van der Waals surface area contributed by atoms with Crippen molar-refractivity contribution in [1.82, 2.24) is 10.2 Å². The molecule has 4 unspecified atom stereocenters. The van der Waals surface area contributed by atoms with Crippen LogP contribution in [0.5, 0.6) is 0 Å². The maximum atomic E-state index is 3.59. The Morgan fingerprint density at radius 1 is 1.11 bits per heavy atom. The first-order valence-electron chi connectivity index (χ1n) is 8.03. The fourth-order valence-corrected chi connectivity index (χ4v) is 3.85. The molecule has 18 heavy (non-hydrogen) atoms. The van der Waals surface area contributed by atoms with Crippen molar-refractivity contribution in [1.29, 1.82) is 0 Å². The van der Waals surface area contributed by atoms with Crippen molar-refractivity contribution in [3.05, 3.63) is 0 Å². The average Bonchev–Trinajstić information content (AvgIpc) is 3.14. The van der Waals surface area contributed by atoms with E-state index in [1.54, 1.807) is 0 Å². The molecule has 2 saturated carbocycles. The Bertz CT molecular complexity index is 249. The molecule has 0 heterocycles. The van der Waals surface area contributed by atoms with E-state index >= 15 is 0 Å². The van der Waals surface area contributed by atoms with Gasteiger partial charge in [0, 0.05) is 19.1 Å². The van der Waals surface area contributed by atoms with Crippen LogP contribution in [0.25, 0.3) is 0 Å². The molecule has 4 atom stereocenters. The normalized spacial score (nSPS) is 37.2. The molecule has 0 spiro atoms. The summed E-state index contributed by atoms with van der Waals surface area (Å²) in [6, 6.07) is 0.733. The second-order valence-corrected chi connectivity index (χ2v) is 6.91. The van der Waals surface area contributed by atoms with Crippen LogP contribution in [0.1, 0.15) is 46.5 Å². The monoisotopic (exact) mass is 252 g/mol. The highest BCUT2D eigenvalue weighted by Gasteiger charge is 2.34. The summed E-state index contributed by atoms with van der Waals surface area (Å²) in [6.07, 6.45) is 5.74. The van der Waals surface area contributed by atoms with E-state index in [1.165, 1.54) is 45.3 Å². The van der Waals surface area contributed by atoms with Gasteiger partial charge >= 0.3 is 0 Å².